The minimum absolute atomic E-state index is 0.0782. The average molecular weight is 385 g/mol. The van der Waals surface area contributed by atoms with Crippen molar-refractivity contribution in [1.82, 2.24) is 18.7 Å². The lowest BCUT2D eigenvalue weighted by atomic mass is 10.00. The molecule has 1 aromatic carbocycles. The van der Waals surface area contributed by atoms with Crippen LogP contribution in [0.2, 0.25) is 0 Å². The fraction of sp³-hybridized carbons (Fsp3) is 0.450. The fourth-order valence-electron chi connectivity index (χ4n) is 3.90. The highest BCUT2D eigenvalue weighted by molar-refractivity contribution is 5.74. The zero-order valence-corrected chi connectivity index (χ0v) is 16.4. The number of aromatic nitrogens is 4. The molecule has 28 heavy (non-hydrogen) atoms. The number of benzene rings is 1. The van der Waals surface area contributed by atoms with Gasteiger partial charge in [-0.05, 0) is 36.5 Å². The highest BCUT2D eigenvalue weighted by atomic mass is 19.1. The molecule has 1 aliphatic heterocycles. The fourth-order valence-corrected chi connectivity index (χ4v) is 3.90. The second-order valence-corrected chi connectivity index (χ2v) is 7.67. The minimum Gasteiger partial charge on any atom is -0.342 e. The van der Waals surface area contributed by atoms with Gasteiger partial charge in [0.15, 0.2) is 11.2 Å². The summed E-state index contributed by atoms with van der Waals surface area (Å²) in [5, 5.41) is 0. The number of anilines is 1. The van der Waals surface area contributed by atoms with E-state index in [2.05, 4.69) is 16.8 Å². The number of piperidine rings is 1. The second kappa shape index (κ2) is 6.92. The summed E-state index contributed by atoms with van der Waals surface area (Å²) in [6, 6.07) is 5.79. The van der Waals surface area contributed by atoms with Crippen molar-refractivity contribution in [3.8, 4) is 0 Å². The quantitative estimate of drug-likeness (QED) is 0.690. The molecule has 3 heterocycles. The third-order valence-electron chi connectivity index (χ3n) is 5.64. The van der Waals surface area contributed by atoms with E-state index in [1.807, 2.05) is 11.6 Å². The van der Waals surface area contributed by atoms with E-state index in [0.717, 1.165) is 30.5 Å². The van der Waals surface area contributed by atoms with Gasteiger partial charge in [-0.2, -0.15) is 0 Å². The molecule has 148 valence electrons. The monoisotopic (exact) mass is 385 g/mol. The van der Waals surface area contributed by atoms with Gasteiger partial charge >= 0.3 is 5.69 Å². The van der Waals surface area contributed by atoms with Crippen LogP contribution in [0.25, 0.3) is 11.2 Å². The number of nitrogens with zero attached hydrogens (tertiary/aromatic N) is 5. The van der Waals surface area contributed by atoms with Crippen LogP contribution in [0.1, 0.15) is 25.3 Å². The van der Waals surface area contributed by atoms with Gasteiger partial charge in [-0.1, -0.05) is 19.1 Å². The van der Waals surface area contributed by atoms with Crippen molar-refractivity contribution in [2.24, 2.45) is 20.0 Å². The van der Waals surface area contributed by atoms with Crippen molar-refractivity contribution in [2.45, 2.75) is 26.3 Å². The van der Waals surface area contributed by atoms with E-state index in [9.17, 15) is 14.0 Å². The minimum atomic E-state index is -0.422. The lowest BCUT2D eigenvalue weighted by Crippen LogP contribution is -2.39. The third-order valence-corrected chi connectivity index (χ3v) is 5.64. The van der Waals surface area contributed by atoms with Crippen molar-refractivity contribution in [1.29, 1.82) is 0 Å². The highest BCUT2D eigenvalue weighted by Gasteiger charge is 2.24. The van der Waals surface area contributed by atoms with E-state index >= 15 is 0 Å². The van der Waals surface area contributed by atoms with Crippen LogP contribution in [0.15, 0.2) is 33.9 Å². The molecule has 1 fully saturated rings. The van der Waals surface area contributed by atoms with Crippen molar-refractivity contribution in [3.05, 3.63) is 56.5 Å². The van der Waals surface area contributed by atoms with Gasteiger partial charge in [-0.25, -0.2) is 14.2 Å². The van der Waals surface area contributed by atoms with Gasteiger partial charge in [0.2, 0.25) is 5.95 Å². The molecule has 0 atom stereocenters. The normalized spacial score (nSPS) is 15.5. The molecule has 2 aromatic heterocycles. The van der Waals surface area contributed by atoms with E-state index in [1.165, 1.54) is 16.7 Å². The van der Waals surface area contributed by atoms with Crippen LogP contribution in [-0.2, 0) is 20.6 Å². The maximum atomic E-state index is 13.2. The van der Waals surface area contributed by atoms with Crippen LogP contribution in [0, 0.1) is 11.7 Å². The number of fused-ring (bicyclic) bond motifs is 1. The molecule has 1 saturated heterocycles. The summed E-state index contributed by atoms with van der Waals surface area (Å²) in [6.07, 6.45) is 2.16. The molecule has 7 nitrogen and oxygen atoms in total. The Morgan fingerprint density at radius 1 is 1.07 bits per heavy atom. The highest BCUT2D eigenvalue weighted by Crippen LogP contribution is 2.24. The van der Waals surface area contributed by atoms with Crippen molar-refractivity contribution < 1.29 is 4.39 Å². The number of hydrogen-bond donors (Lipinski definition) is 0. The SMILES string of the molecule is CC1CCN(c2nc3c(=O)n(Cc4ccc(F)cc4)c(=O)n(C)c3n2C)CC1. The number of halogens is 1. The lowest BCUT2D eigenvalue weighted by Gasteiger charge is -2.30. The zero-order valence-electron chi connectivity index (χ0n) is 16.4. The molecule has 0 N–H and O–H groups in total. The van der Waals surface area contributed by atoms with Crippen LogP contribution in [0.4, 0.5) is 10.3 Å². The summed E-state index contributed by atoms with van der Waals surface area (Å²) in [6.45, 7) is 4.09. The molecule has 3 aromatic rings. The topological polar surface area (TPSA) is 65.1 Å². The Labute approximate surface area is 161 Å². The predicted molar refractivity (Wildman–Crippen MR) is 106 cm³/mol. The lowest BCUT2D eigenvalue weighted by molar-refractivity contribution is 0.432. The summed E-state index contributed by atoms with van der Waals surface area (Å²) in [5.74, 6) is 1.04. The van der Waals surface area contributed by atoms with E-state index in [0.29, 0.717) is 23.1 Å². The van der Waals surface area contributed by atoms with Crippen LogP contribution in [0.3, 0.4) is 0 Å². The first-order valence-electron chi connectivity index (χ1n) is 9.52. The molecule has 4 rings (SSSR count). The first-order valence-corrected chi connectivity index (χ1v) is 9.52. The number of hydrogen-bond acceptors (Lipinski definition) is 4. The Balaban J connectivity index is 1.82. The van der Waals surface area contributed by atoms with Crippen molar-refractivity contribution in [2.75, 3.05) is 18.0 Å². The van der Waals surface area contributed by atoms with Gasteiger partial charge in [-0.3, -0.25) is 18.5 Å². The first-order chi connectivity index (χ1) is 13.4. The average Bonchev–Trinajstić information content (AvgIpc) is 3.03. The molecular formula is C20H24FN5O2. The third kappa shape index (κ3) is 3.02. The number of imidazole rings is 1. The summed E-state index contributed by atoms with van der Waals surface area (Å²) in [4.78, 5) is 32.7. The van der Waals surface area contributed by atoms with Gasteiger partial charge in [0.25, 0.3) is 5.56 Å². The Bertz CT molecular complexity index is 1130. The molecule has 0 bridgehead atoms. The van der Waals surface area contributed by atoms with Gasteiger partial charge < -0.3 is 4.90 Å². The number of rotatable bonds is 3. The second-order valence-electron chi connectivity index (χ2n) is 7.67. The predicted octanol–water partition coefficient (Wildman–Crippen LogP) is 1.86. The Morgan fingerprint density at radius 2 is 1.71 bits per heavy atom. The maximum absolute atomic E-state index is 13.2. The molecule has 0 aliphatic carbocycles. The van der Waals surface area contributed by atoms with Crippen LogP contribution < -0.4 is 16.1 Å². The van der Waals surface area contributed by atoms with Crippen molar-refractivity contribution in [3.63, 3.8) is 0 Å². The largest absolute Gasteiger partial charge is 0.342 e. The van der Waals surface area contributed by atoms with Crippen LogP contribution in [-0.4, -0.2) is 31.8 Å². The Morgan fingerprint density at radius 3 is 2.36 bits per heavy atom. The van der Waals surface area contributed by atoms with Gasteiger partial charge in [-0.15, -0.1) is 0 Å². The first kappa shape index (κ1) is 18.5. The molecule has 0 radical (unpaired) electrons. The van der Waals surface area contributed by atoms with Crippen LogP contribution in [0.5, 0.6) is 0 Å². The maximum Gasteiger partial charge on any atom is 0.332 e. The standard InChI is InChI=1S/C20H24FN5O2/c1-13-8-10-25(11-9-13)19-22-16-17(23(19)2)24(3)20(28)26(18(16)27)12-14-4-6-15(21)7-5-14/h4-7,13H,8-12H2,1-3H3. The molecule has 0 unspecified atom stereocenters. The molecule has 0 spiro atoms. The Hall–Kier alpha value is -2.90. The van der Waals surface area contributed by atoms with Crippen molar-refractivity contribution >= 4 is 17.1 Å². The molecule has 0 amide bonds. The van der Waals surface area contributed by atoms with Gasteiger partial charge in [0.05, 0.1) is 6.54 Å². The van der Waals surface area contributed by atoms with Gasteiger partial charge in [0.1, 0.15) is 5.82 Å². The Kier molecular flexibility index (Phi) is 4.56. The summed E-state index contributed by atoms with van der Waals surface area (Å²) in [5.41, 5.74) is 0.638. The molecular weight excluding hydrogens is 361 g/mol. The zero-order chi connectivity index (χ0) is 20.0. The molecule has 0 saturated carbocycles. The van der Waals surface area contributed by atoms with Gasteiger partial charge in [0, 0.05) is 27.2 Å². The van der Waals surface area contributed by atoms with E-state index in [4.69, 9.17) is 0 Å². The summed E-state index contributed by atoms with van der Waals surface area (Å²) in [7, 11) is 3.49. The number of aryl methyl sites for hydroxylation is 2. The summed E-state index contributed by atoms with van der Waals surface area (Å²) >= 11 is 0. The van der Waals surface area contributed by atoms with E-state index in [-0.39, 0.29) is 17.9 Å². The van der Waals surface area contributed by atoms with E-state index < -0.39 is 11.2 Å². The summed E-state index contributed by atoms with van der Waals surface area (Å²) < 4.78 is 17.6. The van der Waals surface area contributed by atoms with Crippen LogP contribution >= 0.6 is 0 Å². The molecule has 1 aliphatic rings. The van der Waals surface area contributed by atoms with E-state index in [1.54, 1.807) is 19.2 Å². The smallest absolute Gasteiger partial charge is 0.332 e. The molecule has 8 heteroatoms.